The monoisotopic (exact) mass is 455 g/mol. The van der Waals surface area contributed by atoms with E-state index in [0.29, 0.717) is 15.8 Å². The van der Waals surface area contributed by atoms with Crippen LogP contribution in [0.25, 0.3) is 6.08 Å². The van der Waals surface area contributed by atoms with E-state index < -0.39 is 11.9 Å². The van der Waals surface area contributed by atoms with Crippen LogP contribution < -0.4 is 15.2 Å². The molecule has 0 spiro atoms. The molecule has 7 nitrogen and oxygen atoms in total. The zero-order chi connectivity index (χ0) is 22.4. The highest BCUT2D eigenvalue weighted by Gasteiger charge is 2.32. The number of amides is 2. The number of carbonyl (C=O) groups excluding carboxylic acids is 3. The molecule has 0 aliphatic carbocycles. The Morgan fingerprint density at radius 2 is 1.90 bits per heavy atom. The molecule has 3 rings (SSSR count). The number of thioether (sulfide) groups is 1. The van der Waals surface area contributed by atoms with Gasteiger partial charge >= 0.3 is 0 Å². The van der Waals surface area contributed by atoms with Gasteiger partial charge in [0.1, 0.15) is 10.1 Å². The van der Waals surface area contributed by atoms with Crippen molar-refractivity contribution in [2.45, 2.75) is 13.3 Å². The summed E-state index contributed by atoms with van der Waals surface area (Å²) in [6.07, 6.45) is 1.70. The number of para-hydroxylation sites is 1. The van der Waals surface area contributed by atoms with Gasteiger partial charge in [0.15, 0.2) is 0 Å². The Kier molecular flexibility index (Phi) is 7.43. The highest BCUT2D eigenvalue weighted by Crippen LogP contribution is 2.33. The fourth-order valence-corrected chi connectivity index (χ4v) is 4.18. The maximum atomic E-state index is 12.7. The normalized spacial score (nSPS) is 14.7. The number of carboxylic acid groups (broad SMARTS) is 1. The fourth-order valence-electron chi connectivity index (χ4n) is 2.87. The number of carboxylic acids is 1. The summed E-state index contributed by atoms with van der Waals surface area (Å²) < 4.78 is 5.77. The number of aromatic carboxylic acids is 1. The van der Waals surface area contributed by atoms with E-state index >= 15 is 0 Å². The molecule has 1 aliphatic rings. The van der Waals surface area contributed by atoms with Crippen LogP contribution in [0.2, 0.25) is 0 Å². The van der Waals surface area contributed by atoms with Gasteiger partial charge in [-0.2, -0.15) is 0 Å². The molecule has 1 N–H and O–H groups in total. The maximum absolute atomic E-state index is 12.7. The molecule has 160 valence electrons. The summed E-state index contributed by atoms with van der Waals surface area (Å²) in [5, 5.41) is 13.7. The van der Waals surface area contributed by atoms with Gasteiger partial charge in [-0.05, 0) is 36.8 Å². The predicted molar refractivity (Wildman–Crippen MR) is 122 cm³/mol. The van der Waals surface area contributed by atoms with Crippen molar-refractivity contribution >= 4 is 57.8 Å². The first-order valence-corrected chi connectivity index (χ1v) is 10.7. The molecule has 0 saturated carbocycles. The first kappa shape index (κ1) is 22.5. The molecular formula is C22H19N2O5S2-. The molecule has 0 atom stereocenters. The smallest absolute Gasteiger partial charge is 0.266 e. The lowest BCUT2D eigenvalue weighted by molar-refractivity contribution is -0.254. The van der Waals surface area contributed by atoms with Crippen LogP contribution in [0.4, 0.5) is 5.69 Å². The SMILES string of the molecule is CCOc1ccc(/C=C2/SC(=S)N(CCC(=O)Nc3ccccc3C(=O)[O-])C2=O)cc1. The second kappa shape index (κ2) is 10.2. The lowest BCUT2D eigenvalue weighted by Crippen LogP contribution is -2.32. The molecular weight excluding hydrogens is 436 g/mol. The third kappa shape index (κ3) is 5.71. The second-order valence-electron chi connectivity index (χ2n) is 6.47. The third-order valence-corrected chi connectivity index (χ3v) is 5.72. The van der Waals surface area contributed by atoms with E-state index in [4.69, 9.17) is 17.0 Å². The van der Waals surface area contributed by atoms with E-state index in [-0.39, 0.29) is 30.1 Å². The maximum Gasteiger partial charge on any atom is 0.266 e. The lowest BCUT2D eigenvalue weighted by atomic mass is 10.1. The van der Waals surface area contributed by atoms with Crippen LogP contribution in [0.3, 0.4) is 0 Å². The van der Waals surface area contributed by atoms with Crippen LogP contribution in [-0.2, 0) is 9.59 Å². The number of hydrogen-bond donors (Lipinski definition) is 1. The summed E-state index contributed by atoms with van der Waals surface area (Å²) in [5.41, 5.74) is 0.869. The van der Waals surface area contributed by atoms with Crippen molar-refractivity contribution in [3.8, 4) is 5.75 Å². The van der Waals surface area contributed by atoms with Crippen molar-refractivity contribution in [3.63, 3.8) is 0 Å². The van der Waals surface area contributed by atoms with Gasteiger partial charge in [0.2, 0.25) is 5.91 Å². The van der Waals surface area contributed by atoms with Gasteiger partial charge in [0, 0.05) is 24.2 Å². The Morgan fingerprint density at radius 3 is 2.58 bits per heavy atom. The number of hydrogen-bond acceptors (Lipinski definition) is 7. The van der Waals surface area contributed by atoms with Gasteiger partial charge in [-0.15, -0.1) is 0 Å². The van der Waals surface area contributed by atoms with Crippen LogP contribution >= 0.6 is 24.0 Å². The van der Waals surface area contributed by atoms with E-state index in [1.807, 2.05) is 31.2 Å². The molecule has 1 fully saturated rings. The zero-order valence-corrected chi connectivity index (χ0v) is 18.3. The van der Waals surface area contributed by atoms with Crippen LogP contribution in [0.5, 0.6) is 5.75 Å². The molecule has 31 heavy (non-hydrogen) atoms. The number of benzene rings is 2. The summed E-state index contributed by atoms with van der Waals surface area (Å²) in [6, 6.07) is 13.3. The van der Waals surface area contributed by atoms with E-state index in [0.717, 1.165) is 11.3 Å². The predicted octanol–water partition coefficient (Wildman–Crippen LogP) is 2.68. The van der Waals surface area contributed by atoms with Gasteiger partial charge in [-0.3, -0.25) is 14.5 Å². The first-order chi connectivity index (χ1) is 14.9. The molecule has 2 aromatic rings. The number of nitrogens with zero attached hydrogens (tertiary/aromatic N) is 1. The van der Waals surface area contributed by atoms with Crippen LogP contribution in [0.15, 0.2) is 53.4 Å². The molecule has 2 amide bonds. The number of thiocarbonyl (C=S) groups is 1. The largest absolute Gasteiger partial charge is 0.545 e. The van der Waals surface area contributed by atoms with Gasteiger partial charge in [0.25, 0.3) is 5.91 Å². The number of anilines is 1. The average molecular weight is 456 g/mol. The van der Waals surface area contributed by atoms with Crippen LogP contribution in [0, 0.1) is 0 Å². The van der Waals surface area contributed by atoms with E-state index in [2.05, 4.69) is 5.32 Å². The Labute approximate surface area is 189 Å². The minimum Gasteiger partial charge on any atom is -0.545 e. The lowest BCUT2D eigenvalue weighted by Gasteiger charge is -2.15. The molecule has 0 bridgehead atoms. The summed E-state index contributed by atoms with van der Waals surface area (Å²) in [5.74, 6) is -1.34. The topological polar surface area (TPSA) is 98.8 Å². The number of nitrogens with one attached hydrogen (secondary N) is 1. The number of ether oxygens (including phenoxy) is 1. The van der Waals surface area contributed by atoms with Crippen molar-refractivity contribution in [3.05, 3.63) is 64.6 Å². The van der Waals surface area contributed by atoms with Crippen LogP contribution in [0.1, 0.15) is 29.3 Å². The molecule has 1 heterocycles. The highest BCUT2D eigenvalue weighted by molar-refractivity contribution is 8.26. The molecule has 1 saturated heterocycles. The quantitative estimate of drug-likeness (QED) is 0.483. The van der Waals surface area contributed by atoms with Gasteiger partial charge in [-0.1, -0.05) is 54.3 Å². The van der Waals surface area contributed by atoms with E-state index in [9.17, 15) is 19.5 Å². The van der Waals surface area contributed by atoms with Gasteiger partial charge in [0.05, 0.1) is 17.5 Å². The van der Waals surface area contributed by atoms with Crippen molar-refractivity contribution < 1.29 is 24.2 Å². The summed E-state index contributed by atoms with van der Waals surface area (Å²) >= 11 is 6.47. The second-order valence-corrected chi connectivity index (χ2v) is 8.14. The van der Waals surface area contributed by atoms with E-state index in [1.165, 1.54) is 34.9 Å². The fraction of sp³-hybridized carbons (Fsp3) is 0.182. The van der Waals surface area contributed by atoms with Gasteiger partial charge in [-0.25, -0.2) is 0 Å². The van der Waals surface area contributed by atoms with Crippen molar-refractivity contribution in [1.82, 2.24) is 4.90 Å². The molecule has 9 heteroatoms. The Balaban J connectivity index is 1.61. The van der Waals surface area contributed by atoms with E-state index in [1.54, 1.807) is 12.1 Å². The summed E-state index contributed by atoms with van der Waals surface area (Å²) in [7, 11) is 0. The van der Waals surface area contributed by atoms with Crippen LogP contribution in [-0.4, -0.2) is 40.2 Å². The molecule has 0 radical (unpaired) electrons. The average Bonchev–Trinajstić information content (AvgIpc) is 3.01. The van der Waals surface area contributed by atoms with Crippen molar-refractivity contribution in [1.29, 1.82) is 0 Å². The molecule has 0 aromatic heterocycles. The Morgan fingerprint density at radius 1 is 1.19 bits per heavy atom. The summed E-state index contributed by atoms with van der Waals surface area (Å²) in [4.78, 5) is 38.0. The third-order valence-electron chi connectivity index (χ3n) is 4.35. The number of rotatable bonds is 8. The van der Waals surface area contributed by atoms with Crippen molar-refractivity contribution in [2.24, 2.45) is 0 Å². The summed E-state index contributed by atoms with van der Waals surface area (Å²) in [6.45, 7) is 2.57. The molecule has 2 aromatic carbocycles. The molecule has 0 unspecified atom stereocenters. The van der Waals surface area contributed by atoms with Crippen molar-refractivity contribution in [2.75, 3.05) is 18.5 Å². The zero-order valence-electron chi connectivity index (χ0n) is 16.6. The standard InChI is InChI=1S/C22H20N2O5S2/c1-2-29-15-9-7-14(8-10-15)13-18-20(26)24(22(30)31-18)12-11-19(25)23-17-6-4-3-5-16(17)21(27)28/h3-10,13H,2,11-12H2,1H3,(H,23,25)(H,27,28)/p-1/b18-13+. The Hall–Kier alpha value is -3.17. The minimum atomic E-state index is -1.38. The highest BCUT2D eigenvalue weighted by atomic mass is 32.2. The van der Waals surface area contributed by atoms with Gasteiger partial charge < -0.3 is 20.0 Å². The number of carbonyl (C=O) groups is 3. The molecule has 1 aliphatic heterocycles. The Bertz CT molecular complexity index is 1050. The minimum absolute atomic E-state index is 0.0375. The first-order valence-electron chi connectivity index (χ1n) is 9.47.